The maximum atomic E-state index is 12.5. The summed E-state index contributed by atoms with van der Waals surface area (Å²) < 4.78 is 28.4. The van der Waals surface area contributed by atoms with Crippen LogP contribution in [0.3, 0.4) is 0 Å². The van der Waals surface area contributed by atoms with Crippen LogP contribution < -0.4 is 14.9 Å². The number of anilines is 3. The smallest absolute Gasteiger partial charge is 0.271 e. The monoisotopic (exact) mass is 458 g/mol. The van der Waals surface area contributed by atoms with Gasteiger partial charge < -0.3 is 4.90 Å². The van der Waals surface area contributed by atoms with Crippen LogP contribution in [0.5, 0.6) is 0 Å². The molecule has 0 bridgehead atoms. The number of fused-ring (bicyclic) bond motifs is 1. The molecule has 2 aromatic carbocycles. The number of carbonyl (C=O) groups is 1. The van der Waals surface area contributed by atoms with Crippen LogP contribution in [0.25, 0.3) is 10.2 Å². The zero-order chi connectivity index (χ0) is 21.3. The van der Waals surface area contributed by atoms with Gasteiger partial charge in [0.1, 0.15) is 4.21 Å². The van der Waals surface area contributed by atoms with Gasteiger partial charge in [0, 0.05) is 25.3 Å². The van der Waals surface area contributed by atoms with E-state index in [0.29, 0.717) is 21.9 Å². The SMILES string of the molecule is CN(C)c1ccc(C(=O)Nc2nc3ccc(NS(=O)(=O)c4cccs4)cc3s2)cc1. The first-order valence-electron chi connectivity index (χ1n) is 8.87. The van der Waals surface area contributed by atoms with Crippen LogP contribution in [-0.2, 0) is 10.0 Å². The molecule has 0 aliphatic heterocycles. The Kier molecular flexibility index (Phi) is 5.46. The second-order valence-electron chi connectivity index (χ2n) is 6.63. The number of hydrogen-bond acceptors (Lipinski definition) is 7. The van der Waals surface area contributed by atoms with Crippen molar-refractivity contribution in [1.82, 2.24) is 4.98 Å². The number of amides is 1. The summed E-state index contributed by atoms with van der Waals surface area (Å²) in [4.78, 5) is 18.9. The Hall–Kier alpha value is -2.95. The van der Waals surface area contributed by atoms with Gasteiger partial charge in [0.15, 0.2) is 5.13 Å². The molecule has 30 heavy (non-hydrogen) atoms. The van der Waals surface area contributed by atoms with Gasteiger partial charge >= 0.3 is 0 Å². The van der Waals surface area contributed by atoms with Crippen molar-refractivity contribution in [2.75, 3.05) is 29.0 Å². The highest BCUT2D eigenvalue weighted by Gasteiger charge is 2.16. The third kappa shape index (κ3) is 4.30. The number of nitrogens with one attached hydrogen (secondary N) is 2. The molecule has 4 aromatic rings. The molecular formula is C20H18N4O3S3. The first-order chi connectivity index (χ1) is 14.3. The Labute approximate surface area is 182 Å². The van der Waals surface area contributed by atoms with Gasteiger partial charge in [0.2, 0.25) is 0 Å². The maximum absolute atomic E-state index is 12.5. The highest BCUT2D eigenvalue weighted by Crippen LogP contribution is 2.30. The van der Waals surface area contributed by atoms with Crippen LogP contribution in [0.15, 0.2) is 64.2 Å². The lowest BCUT2D eigenvalue weighted by Gasteiger charge is -2.12. The van der Waals surface area contributed by atoms with Gasteiger partial charge in [-0.3, -0.25) is 14.8 Å². The van der Waals surface area contributed by atoms with Crippen LogP contribution in [0, 0.1) is 0 Å². The summed E-state index contributed by atoms with van der Waals surface area (Å²) in [6.45, 7) is 0. The van der Waals surface area contributed by atoms with Gasteiger partial charge in [0.25, 0.3) is 15.9 Å². The molecule has 7 nitrogen and oxygen atoms in total. The second kappa shape index (κ2) is 8.05. The Morgan fingerprint density at radius 1 is 1.07 bits per heavy atom. The standard InChI is InChI=1S/C20H18N4O3S3/c1-24(2)15-8-5-13(6-9-15)19(25)22-20-21-16-10-7-14(12-17(16)29-20)23-30(26,27)18-4-3-11-28-18/h3-12,23H,1-2H3,(H,21,22,25). The quantitative estimate of drug-likeness (QED) is 0.445. The summed E-state index contributed by atoms with van der Waals surface area (Å²) >= 11 is 2.44. The lowest BCUT2D eigenvalue weighted by atomic mass is 10.2. The van der Waals surface area contributed by atoms with E-state index in [0.717, 1.165) is 21.7 Å². The molecule has 2 heterocycles. The minimum atomic E-state index is -3.62. The minimum Gasteiger partial charge on any atom is -0.378 e. The van der Waals surface area contributed by atoms with E-state index in [9.17, 15) is 13.2 Å². The number of hydrogen-bond donors (Lipinski definition) is 2. The fraction of sp³-hybridized carbons (Fsp3) is 0.100. The molecule has 2 aromatic heterocycles. The molecule has 0 saturated carbocycles. The van der Waals surface area contributed by atoms with E-state index in [4.69, 9.17) is 0 Å². The van der Waals surface area contributed by atoms with Crippen LogP contribution in [0.1, 0.15) is 10.4 Å². The van der Waals surface area contributed by atoms with Gasteiger partial charge in [-0.2, -0.15) is 0 Å². The zero-order valence-electron chi connectivity index (χ0n) is 16.1. The lowest BCUT2D eigenvalue weighted by Crippen LogP contribution is -2.13. The van der Waals surface area contributed by atoms with E-state index in [1.165, 1.54) is 11.3 Å². The van der Waals surface area contributed by atoms with E-state index >= 15 is 0 Å². The van der Waals surface area contributed by atoms with Crippen molar-refractivity contribution in [2.24, 2.45) is 0 Å². The van der Waals surface area contributed by atoms with Crippen molar-refractivity contribution in [1.29, 1.82) is 0 Å². The molecule has 0 atom stereocenters. The third-order valence-corrected chi connectivity index (χ3v) is 7.98. The van der Waals surface area contributed by atoms with Gasteiger partial charge in [-0.05, 0) is 53.9 Å². The number of sulfonamides is 1. The van der Waals surface area contributed by atoms with Gasteiger partial charge in [-0.15, -0.1) is 11.3 Å². The first-order valence-corrected chi connectivity index (χ1v) is 12.1. The third-order valence-electron chi connectivity index (χ3n) is 4.27. The van der Waals surface area contributed by atoms with E-state index < -0.39 is 10.0 Å². The number of aromatic nitrogens is 1. The summed E-state index contributed by atoms with van der Waals surface area (Å²) in [5.74, 6) is -0.252. The predicted octanol–water partition coefficient (Wildman–Crippen LogP) is 4.48. The fourth-order valence-corrected chi connectivity index (χ4v) is 5.69. The van der Waals surface area contributed by atoms with Gasteiger partial charge in [0.05, 0.1) is 15.9 Å². The summed E-state index contributed by atoms with van der Waals surface area (Å²) in [5, 5.41) is 4.97. The van der Waals surface area contributed by atoms with Crippen molar-refractivity contribution in [2.45, 2.75) is 4.21 Å². The molecule has 0 aliphatic carbocycles. The van der Waals surface area contributed by atoms with E-state index in [1.54, 1.807) is 47.8 Å². The zero-order valence-corrected chi connectivity index (χ0v) is 18.6. The first kappa shape index (κ1) is 20.3. The summed E-state index contributed by atoms with van der Waals surface area (Å²) in [7, 11) is 0.254. The maximum Gasteiger partial charge on any atom is 0.271 e. The summed E-state index contributed by atoms with van der Waals surface area (Å²) in [6.07, 6.45) is 0. The van der Waals surface area contributed by atoms with Crippen LogP contribution >= 0.6 is 22.7 Å². The number of rotatable bonds is 6. The number of thiophene rings is 1. The van der Waals surface area contributed by atoms with Gasteiger partial charge in [-0.1, -0.05) is 17.4 Å². The Morgan fingerprint density at radius 2 is 1.83 bits per heavy atom. The average molecular weight is 459 g/mol. The molecule has 2 N–H and O–H groups in total. The van der Waals surface area contributed by atoms with Crippen LogP contribution in [0.4, 0.5) is 16.5 Å². The van der Waals surface area contributed by atoms with Crippen LogP contribution in [0.2, 0.25) is 0 Å². The number of nitrogens with zero attached hydrogens (tertiary/aromatic N) is 2. The van der Waals surface area contributed by atoms with E-state index in [1.807, 2.05) is 31.1 Å². The number of carbonyl (C=O) groups excluding carboxylic acids is 1. The molecular weight excluding hydrogens is 440 g/mol. The Morgan fingerprint density at radius 3 is 2.50 bits per heavy atom. The molecule has 0 spiro atoms. The molecule has 4 rings (SSSR count). The number of benzene rings is 2. The predicted molar refractivity (Wildman–Crippen MR) is 123 cm³/mol. The highest BCUT2D eigenvalue weighted by molar-refractivity contribution is 7.94. The average Bonchev–Trinajstić information content (AvgIpc) is 3.37. The summed E-state index contributed by atoms with van der Waals surface area (Å²) in [6, 6.07) is 15.6. The molecule has 154 valence electrons. The van der Waals surface area contributed by atoms with Crippen molar-refractivity contribution in [3.63, 3.8) is 0 Å². The Balaban J connectivity index is 1.51. The van der Waals surface area contributed by atoms with E-state index in [2.05, 4.69) is 15.0 Å². The molecule has 1 amide bonds. The topological polar surface area (TPSA) is 91.4 Å². The summed E-state index contributed by atoms with van der Waals surface area (Å²) in [5.41, 5.74) is 2.65. The molecule has 0 radical (unpaired) electrons. The van der Waals surface area contributed by atoms with Gasteiger partial charge in [-0.25, -0.2) is 13.4 Å². The van der Waals surface area contributed by atoms with Crippen LogP contribution in [-0.4, -0.2) is 33.4 Å². The number of thiazole rings is 1. The normalized spacial score (nSPS) is 11.4. The second-order valence-corrected chi connectivity index (χ2v) is 10.5. The molecule has 0 fully saturated rings. The minimum absolute atomic E-state index is 0.250. The van der Waals surface area contributed by atoms with Crippen molar-refractivity contribution in [3.05, 3.63) is 65.5 Å². The molecule has 0 aliphatic rings. The Bertz CT molecular complexity index is 1300. The van der Waals surface area contributed by atoms with E-state index in [-0.39, 0.29) is 10.1 Å². The fourth-order valence-electron chi connectivity index (χ4n) is 2.74. The highest BCUT2D eigenvalue weighted by atomic mass is 32.2. The molecule has 10 heteroatoms. The molecule has 0 saturated heterocycles. The van der Waals surface area contributed by atoms with Crippen molar-refractivity contribution < 1.29 is 13.2 Å². The van der Waals surface area contributed by atoms with Crippen molar-refractivity contribution >= 4 is 65.3 Å². The largest absolute Gasteiger partial charge is 0.378 e. The lowest BCUT2D eigenvalue weighted by molar-refractivity contribution is 0.102. The van der Waals surface area contributed by atoms with Crippen molar-refractivity contribution in [3.8, 4) is 0 Å². The molecule has 0 unspecified atom stereocenters.